The molecule has 0 aliphatic carbocycles. The molecule has 0 amide bonds. The predicted molar refractivity (Wildman–Crippen MR) is 71.5 cm³/mol. The van der Waals surface area contributed by atoms with Crippen LogP contribution in [0.2, 0.25) is 0 Å². The molecule has 1 saturated heterocycles. The van der Waals surface area contributed by atoms with Crippen LogP contribution in [0.4, 0.5) is 5.69 Å². The molecule has 1 aliphatic rings. The number of anilines is 1. The van der Waals surface area contributed by atoms with Gasteiger partial charge in [-0.1, -0.05) is 13.8 Å². The second-order valence-corrected chi connectivity index (χ2v) is 5.25. The maximum Gasteiger partial charge on any atom is 0.0855 e. The smallest absolute Gasteiger partial charge is 0.0855 e. The number of rotatable bonds is 3. The van der Waals surface area contributed by atoms with E-state index >= 15 is 0 Å². The minimum Gasteiger partial charge on any atom is -0.366 e. The first-order valence-electron chi connectivity index (χ1n) is 6.60. The Bertz CT molecular complexity index is 385. The van der Waals surface area contributed by atoms with Gasteiger partial charge in [-0.05, 0) is 19.8 Å². The number of hydrogen-bond donors (Lipinski definition) is 1. The zero-order valence-electron chi connectivity index (χ0n) is 11.5. The summed E-state index contributed by atoms with van der Waals surface area (Å²) in [5.74, 6) is 0. The van der Waals surface area contributed by atoms with Crippen molar-refractivity contribution in [1.82, 2.24) is 15.1 Å². The van der Waals surface area contributed by atoms with Gasteiger partial charge in [0.1, 0.15) is 0 Å². The van der Waals surface area contributed by atoms with Crippen LogP contribution < -0.4 is 10.2 Å². The summed E-state index contributed by atoms with van der Waals surface area (Å²) in [6.07, 6.45) is 4.31. The van der Waals surface area contributed by atoms with E-state index in [1.54, 1.807) is 0 Å². The first-order chi connectivity index (χ1) is 8.08. The summed E-state index contributed by atoms with van der Waals surface area (Å²) < 4.78 is 1.93. The van der Waals surface area contributed by atoms with Crippen LogP contribution in [-0.4, -0.2) is 35.0 Å². The van der Waals surface area contributed by atoms with Crippen molar-refractivity contribution in [1.29, 1.82) is 0 Å². The van der Waals surface area contributed by atoms with Crippen LogP contribution in [0.25, 0.3) is 0 Å². The lowest BCUT2D eigenvalue weighted by molar-refractivity contribution is 0.314. The minimum absolute atomic E-state index is 0.235. The molecule has 0 saturated carbocycles. The lowest BCUT2D eigenvalue weighted by Gasteiger charge is -2.42. The maximum absolute atomic E-state index is 4.53. The Morgan fingerprint density at radius 2 is 2.24 bits per heavy atom. The fraction of sp³-hybridized carbons (Fsp3) is 0.769. The van der Waals surface area contributed by atoms with Gasteiger partial charge >= 0.3 is 0 Å². The van der Waals surface area contributed by atoms with Crippen molar-refractivity contribution in [2.45, 2.75) is 39.2 Å². The summed E-state index contributed by atoms with van der Waals surface area (Å²) in [4.78, 5) is 2.48. The molecule has 0 spiro atoms. The first-order valence-corrected chi connectivity index (χ1v) is 6.60. The van der Waals surface area contributed by atoms with Crippen molar-refractivity contribution in [3.8, 4) is 0 Å². The van der Waals surface area contributed by atoms with E-state index in [1.807, 2.05) is 11.7 Å². The van der Waals surface area contributed by atoms with Crippen LogP contribution in [0.15, 0.2) is 6.20 Å². The van der Waals surface area contributed by atoms with Gasteiger partial charge in [0.25, 0.3) is 0 Å². The van der Waals surface area contributed by atoms with Crippen LogP contribution >= 0.6 is 0 Å². The third-order valence-corrected chi connectivity index (χ3v) is 3.81. The van der Waals surface area contributed by atoms with Gasteiger partial charge in [0.05, 0.1) is 11.4 Å². The second kappa shape index (κ2) is 4.69. The second-order valence-electron chi connectivity index (χ2n) is 5.25. The third-order valence-electron chi connectivity index (χ3n) is 3.81. The predicted octanol–water partition coefficient (Wildman–Crippen LogP) is 1.56. The molecule has 1 fully saturated rings. The molecule has 1 aromatic rings. The molecule has 4 heteroatoms. The monoisotopic (exact) mass is 236 g/mol. The van der Waals surface area contributed by atoms with E-state index in [9.17, 15) is 0 Å². The SMILES string of the molecule is CCc1nn(C)cc1N1CCNC(C)(CC)C1. The number of nitrogens with zero attached hydrogens (tertiary/aromatic N) is 3. The molecule has 96 valence electrons. The van der Waals surface area contributed by atoms with Gasteiger partial charge < -0.3 is 10.2 Å². The Labute approximate surface area is 104 Å². The van der Waals surface area contributed by atoms with E-state index in [0.29, 0.717) is 0 Å². The van der Waals surface area contributed by atoms with Gasteiger partial charge in [-0.25, -0.2) is 0 Å². The largest absolute Gasteiger partial charge is 0.366 e. The summed E-state index contributed by atoms with van der Waals surface area (Å²) in [6.45, 7) is 9.94. The Kier molecular flexibility index (Phi) is 3.43. The molecular formula is C13H24N4. The Balaban J connectivity index is 2.21. The highest BCUT2D eigenvalue weighted by Crippen LogP contribution is 2.24. The van der Waals surface area contributed by atoms with E-state index in [4.69, 9.17) is 0 Å². The third kappa shape index (κ3) is 2.46. The van der Waals surface area contributed by atoms with Crippen molar-refractivity contribution < 1.29 is 0 Å². The van der Waals surface area contributed by atoms with Crippen molar-refractivity contribution in [2.75, 3.05) is 24.5 Å². The number of aryl methyl sites for hydroxylation is 2. The quantitative estimate of drug-likeness (QED) is 0.864. The Morgan fingerprint density at radius 3 is 2.88 bits per heavy atom. The van der Waals surface area contributed by atoms with E-state index in [-0.39, 0.29) is 5.54 Å². The molecular weight excluding hydrogens is 212 g/mol. The van der Waals surface area contributed by atoms with Crippen molar-refractivity contribution in [3.63, 3.8) is 0 Å². The van der Waals surface area contributed by atoms with Crippen molar-refractivity contribution in [2.24, 2.45) is 7.05 Å². The molecule has 2 rings (SSSR count). The maximum atomic E-state index is 4.53. The average molecular weight is 236 g/mol. The molecule has 1 aromatic heterocycles. The normalized spacial score (nSPS) is 25.3. The topological polar surface area (TPSA) is 33.1 Å². The highest BCUT2D eigenvalue weighted by atomic mass is 15.3. The van der Waals surface area contributed by atoms with Gasteiger partial charge in [-0.15, -0.1) is 0 Å². The van der Waals surface area contributed by atoms with E-state index in [1.165, 1.54) is 11.4 Å². The first kappa shape index (κ1) is 12.4. The van der Waals surface area contributed by atoms with E-state index < -0.39 is 0 Å². The lowest BCUT2D eigenvalue weighted by atomic mass is 9.95. The van der Waals surface area contributed by atoms with Gasteiger partial charge in [-0.2, -0.15) is 5.10 Å². The molecule has 1 N–H and O–H groups in total. The Hall–Kier alpha value is -1.03. The molecule has 2 heterocycles. The highest BCUT2D eigenvalue weighted by Gasteiger charge is 2.30. The minimum atomic E-state index is 0.235. The van der Waals surface area contributed by atoms with Crippen LogP contribution in [-0.2, 0) is 13.5 Å². The van der Waals surface area contributed by atoms with Gasteiger partial charge in [-0.3, -0.25) is 4.68 Å². The molecule has 4 nitrogen and oxygen atoms in total. The molecule has 0 radical (unpaired) electrons. The number of aromatic nitrogens is 2. The zero-order chi connectivity index (χ0) is 12.5. The summed E-state index contributed by atoms with van der Waals surface area (Å²) in [7, 11) is 2.00. The van der Waals surface area contributed by atoms with Gasteiger partial charge in [0.2, 0.25) is 0 Å². The lowest BCUT2D eigenvalue weighted by Crippen LogP contribution is -2.58. The molecule has 1 atom stereocenters. The summed E-state index contributed by atoms with van der Waals surface area (Å²) >= 11 is 0. The van der Waals surface area contributed by atoms with Crippen LogP contribution in [0.5, 0.6) is 0 Å². The molecule has 0 bridgehead atoms. The van der Waals surface area contributed by atoms with Gasteiger partial charge in [0, 0.05) is 38.4 Å². The highest BCUT2D eigenvalue weighted by molar-refractivity contribution is 5.50. The fourth-order valence-corrected chi connectivity index (χ4v) is 2.53. The molecule has 1 unspecified atom stereocenters. The summed E-state index contributed by atoms with van der Waals surface area (Å²) in [6, 6.07) is 0. The average Bonchev–Trinajstić information content (AvgIpc) is 2.71. The van der Waals surface area contributed by atoms with Crippen LogP contribution in [0.3, 0.4) is 0 Å². The molecule has 1 aliphatic heterocycles. The van der Waals surface area contributed by atoms with E-state index in [2.05, 4.69) is 42.3 Å². The number of nitrogens with one attached hydrogen (secondary N) is 1. The van der Waals surface area contributed by atoms with Crippen molar-refractivity contribution in [3.05, 3.63) is 11.9 Å². The summed E-state index contributed by atoms with van der Waals surface area (Å²) in [5.41, 5.74) is 2.77. The van der Waals surface area contributed by atoms with Crippen LogP contribution in [0.1, 0.15) is 32.9 Å². The van der Waals surface area contributed by atoms with Crippen molar-refractivity contribution >= 4 is 5.69 Å². The van der Waals surface area contributed by atoms with E-state index in [0.717, 1.165) is 32.5 Å². The molecule has 0 aromatic carbocycles. The fourth-order valence-electron chi connectivity index (χ4n) is 2.53. The summed E-state index contributed by atoms with van der Waals surface area (Å²) in [5, 5.41) is 8.15. The molecule has 17 heavy (non-hydrogen) atoms. The zero-order valence-corrected chi connectivity index (χ0v) is 11.5. The standard InChI is InChI=1S/C13H24N4/c1-5-11-12(9-16(4)15-11)17-8-7-14-13(3,6-2)10-17/h9,14H,5-8,10H2,1-4H3. The van der Waals surface area contributed by atoms with Gasteiger partial charge in [0.15, 0.2) is 0 Å². The number of piperazine rings is 1. The van der Waals surface area contributed by atoms with Crippen LogP contribution in [0, 0.1) is 0 Å². The number of hydrogen-bond acceptors (Lipinski definition) is 3. The Morgan fingerprint density at radius 1 is 1.47 bits per heavy atom.